The number of carbonyl (C=O) groups excluding carboxylic acids is 3. The van der Waals surface area contributed by atoms with Gasteiger partial charge in [0.2, 0.25) is 5.91 Å². The van der Waals surface area contributed by atoms with Gasteiger partial charge >= 0.3 is 19.1 Å². The van der Waals surface area contributed by atoms with E-state index in [1.165, 1.54) is 44.9 Å². The van der Waals surface area contributed by atoms with E-state index in [-0.39, 0.29) is 73.9 Å². The van der Waals surface area contributed by atoms with Gasteiger partial charge < -0.3 is 49.3 Å². The normalized spacial score (nSPS) is 11.3. The molecule has 0 fully saturated rings. The molecule has 0 spiro atoms. The van der Waals surface area contributed by atoms with Crippen LogP contribution in [0.1, 0.15) is 25.3 Å². The maximum atomic E-state index is 12.1. The molecule has 1 aromatic rings. The van der Waals surface area contributed by atoms with Crippen LogP contribution in [0.5, 0.6) is 11.5 Å². The number of carbonyl (C=O) groups is 3. The van der Waals surface area contributed by atoms with Gasteiger partial charge in [0.1, 0.15) is 12.6 Å². The van der Waals surface area contributed by atoms with Crippen molar-refractivity contribution in [1.29, 1.82) is 0 Å². The molecule has 248 valence electrons. The molecule has 0 aliphatic carbocycles. The first-order chi connectivity index (χ1) is 21.1. The van der Waals surface area contributed by atoms with Gasteiger partial charge in [0.05, 0.1) is 51.6 Å². The van der Waals surface area contributed by atoms with Crippen LogP contribution in [0.2, 0.25) is 6.82 Å². The Morgan fingerprint density at radius 1 is 1.05 bits per heavy atom. The van der Waals surface area contributed by atoms with E-state index in [1.54, 1.807) is 0 Å². The molecular weight excluding hydrogens is 603 g/mol. The van der Waals surface area contributed by atoms with Gasteiger partial charge in [-0.1, -0.05) is 0 Å². The molecule has 2 amide bonds. The van der Waals surface area contributed by atoms with Crippen LogP contribution in [0.4, 0.5) is 10.5 Å². The highest BCUT2D eigenvalue weighted by Gasteiger charge is 2.24. The molecule has 4 N–H and O–H groups in total. The number of alkyl carbamates (subject to hydrolysis) is 1. The number of thioether (sulfide) groups is 1. The van der Waals surface area contributed by atoms with Gasteiger partial charge in [-0.15, -0.1) is 0 Å². The van der Waals surface area contributed by atoms with Crippen molar-refractivity contribution < 1.29 is 52.8 Å². The smallest absolute Gasteiger partial charge is 0.407 e. The highest BCUT2D eigenvalue weighted by atomic mass is 32.2. The molecule has 0 radical (unpaired) electrons. The number of methoxy groups -OCH3 is 2. The second kappa shape index (κ2) is 23.1. The Morgan fingerprint density at radius 3 is 2.41 bits per heavy atom. The summed E-state index contributed by atoms with van der Waals surface area (Å²) in [4.78, 5) is 46.9. The van der Waals surface area contributed by atoms with Gasteiger partial charge in [0.25, 0.3) is 5.69 Å². The second-order valence-corrected chi connectivity index (χ2v) is 10.0. The average Bonchev–Trinajstić information content (AvgIpc) is 2.99. The SMILES string of the molecule is CCOCCOCCOC(=O)NCCNC(=O)CCCOc1cc([N+](=O)[O-])c(CSCC(NB(C)O)C(=O)OC)cc1OC. The second-order valence-electron chi connectivity index (χ2n) is 9.00. The molecule has 0 aliphatic rings. The fourth-order valence-electron chi connectivity index (χ4n) is 3.53. The first-order valence-corrected chi connectivity index (χ1v) is 15.2. The number of nitrogens with one attached hydrogen (secondary N) is 3. The fourth-order valence-corrected chi connectivity index (χ4v) is 4.57. The van der Waals surface area contributed by atoms with Crippen molar-refractivity contribution >= 4 is 42.5 Å². The lowest BCUT2D eigenvalue weighted by Gasteiger charge is -2.17. The molecule has 16 nitrogen and oxygen atoms in total. The first kappa shape index (κ1) is 38.7. The Morgan fingerprint density at radius 2 is 1.75 bits per heavy atom. The van der Waals surface area contributed by atoms with Crippen molar-refractivity contribution in [1.82, 2.24) is 15.9 Å². The Kier molecular flexibility index (Phi) is 20.3. The van der Waals surface area contributed by atoms with Crippen molar-refractivity contribution in [2.24, 2.45) is 0 Å². The zero-order chi connectivity index (χ0) is 32.7. The summed E-state index contributed by atoms with van der Waals surface area (Å²) in [5.41, 5.74) is 0.164. The topological polar surface area (TPSA) is 206 Å². The zero-order valence-electron chi connectivity index (χ0n) is 25.6. The third-order valence-corrected chi connectivity index (χ3v) is 6.68. The number of ether oxygens (including phenoxy) is 6. The first-order valence-electron chi connectivity index (χ1n) is 14.0. The van der Waals surface area contributed by atoms with Crippen molar-refractivity contribution in [3.8, 4) is 11.5 Å². The lowest BCUT2D eigenvalue weighted by atomic mass is 9.87. The Bertz CT molecular complexity index is 1040. The van der Waals surface area contributed by atoms with Crippen LogP contribution in [0.15, 0.2) is 12.1 Å². The molecule has 1 rings (SSSR count). The van der Waals surface area contributed by atoms with Crippen LogP contribution in [-0.4, -0.2) is 114 Å². The highest BCUT2D eigenvalue weighted by molar-refractivity contribution is 7.98. The predicted molar refractivity (Wildman–Crippen MR) is 163 cm³/mol. The van der Waals surface area contributed by atoms with Crippen molar-refractivity contribution in [2.75, 3.05) is 72.7 Å². The molecule has 0 bridgehead atoms. The van der Waals surface area contributed by atoms with Crippen molar-refractivity contribution in [3.05, 3.63) is 27.8 Å². The van der Waals surface area contributed by atoms with E-state index in [9.17, 15) is 29.5 Å². The summed E-state index contributed by atoms with van der Waals surface area (Å²) >= 11 is 1.24. The number of nitro groups is 1. The molecule has 1 atom stereocenters. The minimum atomic E-state index is -0.947. The van der Waals surface area contributed by atoms with E-state index >= 15 is 0 Å². The van der Waals surface area contributed by atoms with Crippen LogP contribution in [-0.2, 0) is 34.3 Å². The molecule has 1 unspecified atom stereocenters. The van der Waals surface area contributed by atoms with Gasteiger partial charge in [-0.25, -0.2) is 4.79 Å². The van der Waals surface area contributed by atoms with Gasteiger partial charge in [0.15, 0.2) is 11.5 Å². The van der Waals surface area contributed by atoms with Crippen LogP contribution < -0.4 is 25.3 Å². The largest absolute Gasteiger partial charge is 0.493 e. The molecule has 1 aromatic carbocycles. The third-order valence-electron chi connectivity index (χ3n) is 5.59. The minimum absolute atomic E-state index is 0.0953. The summed E-state index contributed by atoms with van der Waals surface area (Å²) in [5.74, 6) is -0.0182. The molecular formula is C26H43BN4O12S. The fraction of sp³-hybridized carbons (Fsp3) is 0.654. The number of hydrogen-bond donors (Lipinski definition) is 4. The van der Waals surface area contributed by atoms with Crippen LogP contribution in [0.3, 0.4) is 0 Å². The zero-order valence-corrected chi connectivity index (χ0v) is 26.4. The molecule has 18 heteroatoms. The van der Waals surface area contributed by atoms with Crippen LogP contribution in [0, 0.1) is 10.1 Å². The summed E-state index contributed by atoms with van der Waals surface area (Å²) in [5, 5.41) is 29.2. The summed E-state index contributed by atoms with van der Waals surface area (Å²) in [7, 11) is 1.69. The highest BCUT2D eigenvalue weighted by Crippen LogP contribution is 2.36. The average molecular weight is 647 g/mol. The van der Waals surface area contributed by atoms with Crippen molar-refractivity contribution in [2.45, 2.75) is 38.4 Å². The minimum Gasteiger partial charge on any atom is -0.493 e. The molecule has 0 heterocycles. The maximum absolute atomic E-state index is 12.1. The maximum Gasteiger partial charge on any atom is 0.407 e. The molecule has 0 saturated carbocycles. The molecule has 0 aromatic heterocycles. The molecule has 0 saturated heterocycles. The predicted octanol–water partition coefficient (Wildman–Crippen LogP) is 1.13. The number of amides is 2. The van der Waals surface area contributed by atoms with Gasteiger partial charge in [-0.3, -0.25) is 19.7 Å². The summed E-state index contributed by atoms with van der Waals surface area (Å²) < 4.78 is 31.1. The third kappa shape index (κ3) is 16.5. The number of esters is 1. The lowest BCUT2D eigenvalue weighted by Crippen LogP contribution is -2.46. The molecule has 44 heavy (non-hydrogen) atoms. The summed E-state index contributed by atoms with van der Waals surface area (Å²) in [6.07, 6.45) is -0.165. The Labute approximate surface area is 261 Å². The van der Waals surface area contributed by atoms with E-state index in [2.05, 4.69) is 15.9 Å². The number of hydrogen-bond acceptors (Lipinski definition) is 14. The Balaban J connectivity index is 2.45. The monoisotopic (exact) mass is 646 g/mol. The van der Waals surface area contributed by atoms with Gasteiger partial charge in [-0.2, -0.15) is 11.8 Å². The summed E-state index contributed by atoms with van der Waals surface area (Å²) in [6, 6.07) is 1.96. The summed E-state index contributed by atoms with van der Waals surface area (Å²) in [6.45, 7) is 5.68. The Hall–Kier alpha value is -3.32. The van der Waals surface area contributed by atoms with E-state index in [1.807, 2.05) is 6.92 Å². The standard InChI is InChI=1S/C26H43BN4O12S/c1-5-40-11-12-41-13-14-43-26(34)29-9-8-28-24(32)7-6-10-42-23-16-21(31(36)37)19(15-22(23)38-3)17-44-18-20(25(33)39-4)30-27(2)35/h15-16,20,30,35H,5-14,17-18H2,1-4H3,(H,28,32)(H,29,34). The van der Waals surface area contributed by atoms with E-state index in [0.717, 1.165) is 0 Å². The molecule has 0 aliphatic heterocycles. The van der Waals surface area contributed by atoms with Gasteiger partial charge in [-0.05, 0) is 26.2 Å². The number of benzene rings is 1. The van der Waals surface area contributed by atoms with Crippen molar-refractivity contribution in [3.63, 3.8) is 0 Å². The van der Waals surface area contributed by atoms with E-state index in [0.29, 0.717) is 31.8 Å². The number of nitro benzene ring substituents is 1. The quantitative estimate of drug-likeness (QED) is 0.0409. The van der Waals surface area contributed by atoms with Crippen LogP contribution in [0.25, 0.3) is 0 Å². The van der Waals surface area contributed by atoms with Crippen LogP contribution >= 0.6 is 11.8 Å². The van der Waals surface area contributed by atoms with E-state index in [4.69, 9.17) is 28.4 Å². The van der Waals surface area contributed by atoms with E-state index < -0.39 is 30.1 Å². The van der Waals surface area contributed by atoms with Gasteiger partial charge in [0, 0.05) is 43.2 Å². The lowest BCUT2D eigenvalue weighted by molar-refractivity contribution is -0.385. The number of nitrogens with zero attached hydrogens (tertiary/aromatic N) is 1. The number of rotatable bonds is 24.